The first-order valence-corrected chi connectivity index (χ1v) is 5.71. The van der Waals surface area contributed by atoms with Crippen LogP contribution in [0.25, 0.3) is 0 Å². The van der Waals surface area contributed by atoms with Gasteiger partial charge in [0, 0.05) is 0 Å². The predicted molar refractivity (Wildman–Crippen MR) is 69.9 cm³/mol. The SMILES string of the molecule is Nc1nonc1NC(=O)N/N=C/c1ccc(C(F)(F)F)cc1. The zero-order valence-electron chi connectivity index (χ0n) is 10.8. The van der Waals surface area contributed by atoms with Crippen molar-refractivity contribution in [3.05, 3.63) is 35.4 Å². The first-order valence-electron chi connectivity index (χ1n) is 5.71. The smallest absolute Gasteiger partial charge is 0.378 e. The van der Waals surface area contributed by atoms with Gasteiger partial charge in [0.25, 0.3) is 0 Å². The Morgan fingerprint density at radius 1 is 1.27 bits per heavy atom. The lowest BCUT2D eigenvalue weighted by molar-refractivity contribution is -0.137. The summed E-state index contributed by atoms with van der Waals surface area (Å²) in [5, 5.41) is 12.3. The molecule has 1 heterocycles. The van der Waals surface area contributed by atoms with E-state index < -0.39 is 17.8 Å². The Bertz CT molecular complexity index is 680. The molecule has 0 atom stereocenters. The lowest BCUT2D eigenvalue weighted by Crippen LogP contribution is -2.24. The summed E-state index contributed by atoms with van der Waals surface area (Å²) in [5.74, 6) is -0.191. The van der Waals surface area contributed by atoms with E-state index in [-0.39, 0.29) is 11.6 Å². The van der Waals surface area contributed by atoms with E-state index in [2.05, 4.69) is 30.8 Å². The van der Waals surface area contributed by atoms with Crippen molar-refractivity contribution < 1.29 is 22.6 Å². The van der Waals surface area contributed by atoms with Gasteiger partial charge in [-0.2, -0.15) is 18.3 Å². The number of nitrogens with one attached hydrogen (secondary N) is 2. The quantitative estimate of drug-likeness (QED) is 0.590. The minimum Gasteiger partial charge on any atom is -0.378 e. The third-order valence-electron chi connectivity index (χ3n) is 2.36. The van der Waals surface area contributed by atoms with E-state index in [4.69, 9.17) is 5.73 Å². The third-order valence-corrected chi connectivity index (χ3v) is 2.36. The molecule has 2 aromatic rings. The van der Waals surface area contributed by atoms with Crippen LogP contribution in [0.5, 0.6) is 0 Å². The highest BCUT2D eigenvalue weighted by atomic mass is 19.4. The monoisotopic (exact) mass is 314 g/mol. The molecule has 22 heavy (non-hydrogen) atoms. The second-order valence-electron chi connectivity index (χ2n) is 3.94. The van der Waals surface area contributed by atoms with Gasteiger partial charge in [0.1, 0.15) is 0 Å². The molecule has 1 aromatic heterocycles. The van der Waals surface area contributed by atoms with E-state index in [0.717, 1.165) is 12.1 Å². The summed E-state index contributed by atoms with van der Waals surface area (Å²) in [6.07, 6.45) is -3.23. The van der Waals surface area contributed by atoms with Gasteiger partial charge in [-0.15, -0.1) is 0 Å². The normalized spacial score (nSPS) is 11.6. The standard InChI is InChI=1S/C11H9F3N6O2/c12-11(13,14)7-3-1-6(2-4-7)5-16-18-10(21)17-9-8(15)19-22-20-9/h1-5H,(H2,15,19)(H2,17,18,20,21)/b16-5+. The average Bonchev–Trinajstić information content (AvgIpc) is 2.84. The van der Waals surface area contributed by atoms with Gasteiger partial charge < -0.3 is 5.73 Å². The van der Waals surface area contributed by atoms with E-state index in [1.807, 2.05) is 0 Å². The molecule has 11 heteroatoms. The fourth-order valence-corrected chi connectivity index (χ4v) is 1.34. The second kappa shape index (κ2) is 6.11. The highest BCUT2D eigenvalue weighted by Gasteiger charge is 2.29. The zero-order valence-corrected chi connectivity index (χ0v) is 10.8. The molecule has 0 saturated carbocycles. The summed E-state index contributed by atoms with van der Waals surface area (Å²) in [6, 6.07) is 3.47. The summed E-state index contributed by atoms with van der Waals surface area (Å²) >= 11 is 0. The van der Waals surface area contributed by atoms with Crippen LogP contribution in [0.2, 0.25) is 0 Å². The first-order chi connectivity index (χ1) is 10.4. The zero-order chi connectivity index (χ0) is 16.2. The Hall–Kier alpha value is -3.11. The fraction of sp³-hybridized carbons (Fsp3) is 0.0909. The number of urea groups is 1. The van der Waals surface area contributed by atoms with Crippen molar-refractivity contribution in [3.8, 4) is 0 Å². The lowest BCUT2D eigenvalue weighted by atomic mass is 10.1. The van der Waals surface area contributed by atoms with Crippen molar-refractivity contribution in [2.24, 2.45) is 5.10 Å². The van der Waals surface area contributed by atoms with Crippen molar-refractivity contribution in [1.82, 2.24) is 15.7 Å². The van der Waals surface area contributed by atoms with Crippen LogP contribution in [0.4, 0.5) is 29.6 Å². The van der Waals surface area contributed by atoms with Gasteiger partial charge >= 0.3 is 12.2 Å². The number of benzene rings is 1. The topological polar surface area (TPSA) is 118 Å². The van der Waals surface area contributed by atoms with Gasteiger partial charge in [0.2, 0.25) is 11.6 Å². The molecule has 0 bridgehead atoms. The summed E-state index contributed by atoms with van der Waals surface area (Å²) in [4.78, 5) is 11.4. The molecule has 0 unspecified atom stereocenters. The number of nitrogens with zero attached hydrogens (tertiary/aromatic N) is 3. The van der Waals surface area contributed by atoms with Crippen molar-refractivity contribution in [3.63, 3.8) is 0 Å². The summed E-state index contributed by atoms with van der Waals surface area (Å²) in [6.45, 7) is 0. The van der Waals surface area contributed by atoms with Crippen LogP contribution in [-0.2, 0) is 6.18 Å². The minimum absolute atomic E-state index is 0.0813. The Balaban J connectivity index is 1.89. The number of aromatic nitrogens is 2. The molecule has 0 aliphatic rings. The number of nitrogen functional groups attached to an aromatic ring is 1. The molecular formula is C11H9F3N6O2. The number of carbonyl (C=O) groups is 1. The summed E-state index contributed by atoms with van der Waals surface area (Å²) in [5.41, 5.74) is 6.99. The van der Waals surface area contributed by atoms with E-state index in [9.17, 15) is 18.0 Å². The third kappa shape index (κ3) is 3.94. The van der Waals surface area contributed by atoms with Crippen LogP contribution >= 0.6 is 0 Å². The first kappa shape index (κ1) is 15.3. The van der Waals surface area contributed by atoms with Crippen LogP contribution in [-0.4, -0.2) is 22.6 Å². The van der Waals surface area contributed by atoms with Gasteiger partial charge in [-0.3, -0.25) is 5.32 Å². The van der Waals surface area contributed by atoms with Crippen LogP contribution in [0.3, 0.4) is 0 Å². The van der Waals surface area contributed by atoms with Crippen LogP contribution in [0, 0.1) is 0 Å². The minimum atomic E-state index is -4.40. The molecule has 2 rings (SSSR count). The molecular weight excluding hydrogens is 305 g/mol. The maximum Gasteiger partial charge on any atom is 0.416 e. The number of halogens is 3. The number of alkyl halides is 3. The molecule has 8 nitrogen and oxygen atoms in total. The van der Waals surface area contributed by atoms with Crippen LogP contribution < -0.4 is 16.5 Å². The highest BCUT2D eigenvalue weighted by molar-refractivity contribution is 5.91. The summed E-state index contributed by atoms with van der Waals surface area (Å²) < 4.78 is 41.3. The predicted octanol–water partition coefficient (Wildman–Crippen LogP) is 1.83. The second-order valence-corrected chi connectivity index (χ2v) is 3.94. The Morgan fingerprint density at radius 2 is 1.95 bits per heavy atom. The molecule has 0 spiro atoms. The maximum absolute atomic E-state index is 12.4. The van der Waals surface area contributed by atoms with Gasteiger partial charge in [-0.1, -0.05) is 12.1 Å². The van der Waals surface area contributed by atoms with E-state index in [0.29, 0.717) is 5.56 Å². The van der Waals surface area contributed by atoms with E-state index >= 15 is 0 Å². The fourth-order valence-electron chi connectivity index (χ4n) is 1.34. The summed E-state index contributed by atoms with van der Waals surface area (Å²) in [7, 11) is 0. The molecule has 0 fully saturated rings. The molecule has 0 aliphatic carbocycles. The molecule has 1 aromatic carbocycles. The van der Waals surface area contributed by atoms with E-state index in [1.54, 1.807) is 0 Å². The molecule has 0 aliphatic heterocycles. The van der Waals surface area contributed by atoms with Crippen molar-refractivity contribution >= 4 is 23.9 Å². The molecule has 0 radical (unpaired) electrons. The number of carbonyl (C=O) groups excluding carboxylic acids is 1. The van der Waals surface area contributed by atoms with Gasteiger partial charge in [0.05, 0.1) is 11.8 Å². The van der Waals surface area contributed by atoms with Gasteiger partial charge in [-0.05, 0) is 28.0 Å². The van der Waals surface area contributed by atoms with Crippen molar-refractivity contribution in [2.45, 2.75) is 6.18 Å². The van der Waals surface area contributed by atoms with Gasteiger partial charge in [-0.25, -0.2) is 14.8 Å². The average molecular weight is 314 g/mol. The number of nitrogens with two attached hydrogens (primary N) is 1. The number of anilines is 2. The Morgan fingerprint density at radius 3 is 2.50 bits per heavy atom. The number of hydrazone groups is 1. The van der Waals surface area contributed by atoms with Crippen molar-refractivity contribution in [2.75, 3.05) is 11.1 Å². The maximum atomic E-state index is 12.4. The Kier molecular flexibility index (Phi) is 4.25. The van der Waals surface area contributed by atoms with Crippen LogP contribution in [0.1, 0.15) is 11.1 Å². The number of hydrogen-bond acceptors (Lipinski definition) is 6. The van der Waals surface area contributed by atoms with E-state index in [1.165, 1.54) is 18.3 Å². The van der Waals surface area contributed by atoms with Crippen LogP contribution in [0.15, 0.2) is 34.0 Å². The molecule has 4 N–H and O–H groups in total. The largest absolute Gasteiger partial charge is 0.416 e. The Labute approximate surface area is 121 Å². The number of amides is 2. The number of rotatable bonds is 3. The van der Waals surface area contributed by atoms with Gasteiger partial charge in [0.15, 0.2) is 0 Å². The molecule has 0 saturated heterocycles. The number of hydrogen-bond donors (Lipinski definition) is 3. The van der Waals surface area contributed by atoms with Crippen molar-refractivity contribution in [1.29, 1.82) is 0 Å². The molecule has 2 amide bonds. The molecule has 116 valence electrons. The highest BCUT2D eigenvalue weighted by Crippen LogP contribution is 2.28. The lowest BCUT2D eigenvalue weighted by Gasteiger charge is -2.05.